The van der Waals surface area contributed by atoms with Gasteiger partial charge in [-0.2, -0.15) is 5.10 Å². The summed E-state index contributed by atoms with van der Waals surface area (Å²) in [4.78, 5) is 12.3. The van der Waals surface area contributed by atoms with Crippen LogP contribution >= 0.6 is 0 Å². The third-order valence-electron chi connectivity index (χ3n) is 4.68. The van der Waals surface area contributed by atoms with Gasteiger partial charge >= 0.3 is 0 Å². The Bertz CT molecular complexity index is 1000. The zero-order valence-corrected chi connectivity index (χ0v) is 17.1. The van der Waals surface area contributed by atoms with Gasteiger partial charge in [-0.15, -0.1) is 0 Å². The number of carbonyl (C=O) groups excluding carboxylic acids is 1. The summed E-state index contributed by atoms with van der Waals surface area (Å²) in [5, 5.41) is 7.54. The molecule has 3 rings (SSSR count). The molecule has 1 N–H and O–H groups in total. The van der Waals surface area contributed by atoms with Crippen LogP contribution in [-0.2, 0) is 11.3 Å². The van der Waals surface area contributed by atoms with Crippen molar-refractivity contribution in [3.8, 4) is 17.2 Å². The lowest BCUT2D eigenvalue weighted by Gasteiger charge is -2.07. The maximum atomic E-state index is 12.3. The number of amides is 1. The third kappa shape index (κ3) is 4.85. The Morgan fingerprint density at radius 2 is 1.72 bits per heavy atom. The lowest BCUT2D eigenvalue weighted by atomic mass is 10.1. The highest BCUT2D eigenvalue weighted by molar-refractivity contribution is 5.91. The van der Waals surface area contributed by atoms with Crippen molar-refractivity contribution in [1.82, 2.24) is 15.1 Å². The van der Waals surface area contributed by atoms with Crippen molar-refractivity contribution in [2.75, 3.05) is 14.2 Å². The summed E-state index contributed by atoms with van der Waals surface area (Å²) in [5.74, 6) is 1.16. The van der Waals surface area contributed by atoms with Gasteiger partial charge in [0.2, 0.25) is 5.91 Å². The Morgan fingerprint density at radius 3 is 2.34 bits per heavy atom. The molecule has 2 aromatic carbocycles. The van der Waals surface area contributed by atoms with E-state index in [0.717, 1.165) is 28.2 Å². The van der Waals surface area contributed by atoms with Crippen LogP contribution < -0.4 is 14.8 Å². The zero-order valence-electron chi connectivity index (χ0n) is 17.1. The van der Waals surface area contributed by atoms with Crippen LogP contribution in [0.25, 0.3) is 11.8 Å². The first-order valence-corrected chi connectivity index (χ1v) is 9.31. The lowest BCUT2D eigenvalue weighted by Crippen LogP contribution is -2.21. The quantitative estimate of drug-likeness (QED) is 0.622. The van der Waals surface area contributed by atoms with E-state index in [1.807, 2.05) is 61.0 Å². The van der Waals surface area contributed by atoms with Gasteiger partial charge in [0.25, 0.3) is 0 Å². The molecule has 1 aromatic heterocycles. The van der Waals surface area contributed by atoms with Gasteiger partial charge in [0.1, 0.15) is 11.5 Å². The topological polar surface area (TPSA) is 65.4 Å². The first-order valence-electron chi connectivity index (χ1n) is 9.31. The number of hydrogen-bond donors (Lipinski definition) is 1. The summed E-state index contributed by atoms with van der Waals surface area (Å²) in [6.07, 6.45) is 3.23. The van der Waals surface area contributed by atoms with Gasteiger partial charge in [0.05, 0.1) is 25.6 Å². The Morgan fingerprint density at radius 1 is 1.07 bits per heavy atom. The second-order valence-corrected chi connectivity index (χ2v) is 6.59. The fraction of sp³-hybridized carbons (Fsp3) is 0.217. The number of nitrogens with one attached hydrogen (secondary N) is 1. The number of nitrogens with zero attached hydrogens (tertiary/aromatic N) is 2. The summed E-state index contributed by atoms with van der Waals surface area (Å²) in [6, 6.07) is 15.4. The lowest BCUT2D eigenvalue weighted by molar-refractivity contribution is -0.116. The van der Waals surface area contributed by atoms with E-state index in [4.69, 9.17) is 9.47 Å². The minimum absolute atomic E-state index is 0.182. The fourth-order valence-corrected chi connectivity index (χ4v) is 3.08. The van der Waals surface area contributed by atoms with Gasteiger partial charge in [-0.25, -0.2) is 4.68 Å². The van der Waals surface area contributed by atoms with Crippen molar-refractivity contribution >= 4 is 12.0 Å². The molecule has 1 heterocycles. The molecule has 6 nitrogen and oxygen atoms in total. The number of para-hydroxylation sites is 1. The van der Waals surface area contributed by atoms with E-state index in [1.54, 1.807) is 26.4 Å². The second-order valence-electron chi connectivity index (χ2n) is 6.59. The van der Waals surface area contributed by atoms with Crippen molar-refractivity contribution in [2.24, 2.45) is 0 Å². The molecule has 0 spiro atoms. The molecule has 0 atom stereocenters. The largest absolute Gasteiger partial charge is 0.497 e. The van der Waals surface area contributed by atoms with Crippen molar-refractivity contribution in [3.63, 3.8) is 0 Å². The summed E-state index contributed by atoms with van der Waals surface area (Å²) in [6.45, 7) is 4.37. The van der Waals surface area contributed by atoms with E-state index < -0.39 is 0 Å². The minimum atomic E-state index is -0.182. The van der Waals surface area contributed by atoms with Crippen molar-refractivity contribution in [3.05, 3.63) is 77.1 Å². The van der Waals surface area contributed by atoms with Crippen LogP contribution in [0.3, 0.4) is 0 Å². The standard InChI is InChI=1S/C23H25N3O3/c1-16-22(17(2)26(25-16)19-8-6-5-7-9-19)15-24-23(27)11-10-18-12-20(28-3)14-21(13-18)29-4/h5-14H,15H2,1-4H3,(H,24,27)/b11-10+. The van der Waals surface area contributed by atoms with Gasteiger partial charge in [0.15, 0.2) is 0 Å². The first-order chi connectivity index (χ1) is 14.0. The molecule has 0 fully saturated rings. The summed E-state index contributed by atoms with van der Waals surface area (Å²) < 4.78 is 12.4. The smallest absolute Gasteiger partial charge is 0.244 e. The molecule has 150 valence electrons. The zero-order chi connectivity index (χ0) is 20.8. The normalized spacial score (nSPS) is 10.9. The van der Waals surface area contributed by atoms with Crippen LogP contribution in [0.4, 0.5) is 0 Å². The summed E-state index contributed by atoms with van der Waals surface area (Å²) >= 11 is 0. The predicted octanol–water partition coefficient (Wildman–Crippen LogP) is 3.84. The molecule has 0 aliphatic carbocycles. The monoisotopic (exact) mass is 391 g/mol. The van der Waals surface area contributed by atoms with Crippen LogP contribution in [-0.4, -0.2) is 29.9 Å². The average molecular weight is 391 g/mol. The third-order valence-corrected chi connectivity index (χ3v) is 4.68. The highest BCUT2D eigenvalue weighted by Crippen LogP contribution is 2.23. The molecular weight excluding hydrogens is 366 g/mol. The van der Waals surface area contributed by atoms with E-state index in [2.05, 4.69) is 10.4 Å². The number of aromatic nitrogens is 2. The van der Waals surface area contributed by atoms with E-state index in [9.17, 15) is 4.79 Å². The molecule has 0 saturated carbocycles. The van der Waals surface area contributed by atoms with Crippen molar-refractivity contribution in [2.45, 2.75) is 20.4 Å². The summed E-state index contributed by atoms with van der Waals surface area (Å²) in [5.41, 5.74) is 4.74. The molecule has 0 aliphatic rings. The molecule has 6 heteroatoms. The van der Waals surface area contributed by atoms with Crippen LogP contribution in [0.15, 0.2) is 54.6 Å². The number of carbonyl (C=O) groups is 1. The van der Waals surface area contributed by atoms with Gasteiger partial charge in [-0.05, 0) is 49.8 Å². The van der Waals surface area contributed by atoms with Gasteiger partial charge < -0.3 is 14.8 Å². The van der Waals surface area contributed by atoms with Gasteiger partial charge in [-0.3, -0.25) is 4.79 Å². The molecule has 0 radical (unpaired) electrons. The van der Waals surface area contributed by atoms with E-state index in [0.29, 0.717) is 18.0 Å². The number of rotatable bonds is 7. The van der Waals surface area contributed by atoms with Gasteiger partial charge in [0, 0.05) is 29.9 Å². The maximum absolute atomic E-state index is 12.3. The molecule has 29 heavy (non-hydrogen) atoms. The Labute approximate surface area is 170 Å². The van der Waals surface area contributed by atoms with Crippen LogP contribution in [0, 0.1) is 13.8 Å². The number of ether oxygens (including phenoxy) is 2. The van der Waals surface area contributed by atoms with Crippen LogP contribution in [0.1, 0.15) is 22.5 Å². The Hall–Kier alpha value is -3.54. The molecule has 0 bridgehead atoms. The second kappa shape index (κ2) is 9.10. The SMILES string of the molecule is COc1cc(/C=C/C(=O)NCc2c(C)nn(-c3ccccc3)c2C)cc(OC)c1. The van der Waals surface area contributed by atoms with E-state index >= 15 is 0 Å². The van der Waals surface area contributed by atoms with Crippen LogP contribution in [0.2, 0.25) is 0 Å². The number of aryl methyl sites for hydroxylation is 1. The number of benzene rings is 2. The van der Waals surface area contributed by atoms with Gasteiger partial charge in [-0.1, -0.05) is 18.2 Å². The van der Waals surface area contributed by atoms with Crippen molar-refractivity contribution < 1.29 is 14.3 Å². The van der Waals surface area contributed by atoms with E-state index in [1.165, 1.54) is 6.08 Å². The maximum Gasteiger partial charge on any atom is 0.244 e. The van der Waals surface area contributed by atoms with Crippen molar-refractivity contribution in [1.29, 1.82) is 0 Å². The Balaban J connectivity index is 1.69. The highest BCUT2D eigenvalue weighted by atomic mass is 16.5. The molecule has 3 aromatic rings. The highest BCUT2D eigenvalue weighted by Gasteiger charge is 2.13. The number of methoxy groups -OCH3 is 2. The molecule has 1 amide bonds. The average Bonchev–Trinajstić information content (AvgIpc) is 3.04. The molecule has 0 aliphatic heterocycles. The number of hydrogen-bond acceptors (Lipinski definition) is 4. The molecule has 0 unspecified atom stereocenters. The predicted molar refractivity (Wildman–Crippen MR) is 113 cm³/mol. The molecular formula is C23H25N3O3. The van der Waals surface area contributed by atoms with E-state index in [-0.39, 0.29) is 5.91 Å². The van der Waals surface area contributed by atoms with Crippen LogP contribution in [0.5, 0.6) is 11.5 Å². The Kier molecular flexibility index (Phi) is 6.34. The summed E-state index contributed by atoms with van der Waals surface area (Å²) in [7, 11) is 3.19. The minimum Gasteiger partial charge on any atom is -0.497 e. The fourth-order valence-electron chi connectivity index (χ4n) is 3.08. The molecule has 0 saturated heterocycles. The first kappa shape index (κ1) is 20.2.